The van der Waals surface area contributed by atoms with Gasteiger partial charge < -0.3 is 10.5 Å². The summed E-state index contributed by atoms with van der Waals surface area (Å²) < 4.78 is 40.3. The Bertz CT molecular complexity index is 581. The number of hydrogen-bond donors (Lipinski definition) is 1. The number of halogens is 3. The highest BCUT2D eigenvalue weighted by atomic mass is 19.4. The third-order valence-corrected chi connectivity index (χ3v) is 2.97. The topological polar surface area (TPSA) is 35.2 Å². The maximum Gasteiger partial charge on any atom is 0.573 e. The average Bonchev–Trinajstić information content (AvgIpc) is 2.37. The van der Waals surface area contributed by atoms with Gasteiger partial charge in [0.1, 0.15) is 5.75 Å². The summed E-state index contributed by atoms with van der Waals surface area (Å²) in [4.78, 5) is 0. The number of aryl methyl sites for hydroxylation is 1. The van der Waals surface area contributed by atoms with Crippen LogP contribution >= 0.6 is 0 Å². The van der Waals surface area contributed by atoms with Crippen molar-refractivity contribution >= 4 is 0 Å². The lowest BCUT2D eigenvalue weighted by molar-refractivity contribution is -0.274. The van der Waals surface area contributed by atoms with E-state index < -0.39 is 6.36 Å². The largest absolute Gasteiger partial charge is 0.573 e. The predicted molar refractivity (Wildman–Crippen MR) is 70.3 cm³/mol. The number of hydrogen-bond acceptors (Lipinski definition) is 2. The Hall–Kier alpha value is -2.01. The van der Waals surface area contributed by atoms with Crippen molar-refractivity contribution in [1.82, 2.24) is 0 Å². The van der Waals surface area contributed by atoms with Gasteiger partial charge >= 0.3 is 6.36 Å². The van der Waals surface area contributed by atoms with Gasteiger partial charge in [0.2, 0.25) is 0 Å². The summed E-state index contributed by atoms with van der Waals surface area (Å²) in [6.45, 7) is 1.71. The molecule has 0 aromatic heterocycles. The van der Waals surface area contributed by atoms with Gasteiger partial charge in [-0.2, -0.15) is 0 Å². The first-order valence-corrected chi connectivity index (χ1v) is 6.03. The Morgan fingerprint density at radius 3 is 2.25 bits per heavy atom. The summed E-state index contributed by atoms with van der Waals surface area (Å²) in [5.74, 6) is -0.237. The molecule has 0 spiro atoms. The Morgan fingerprint density at radius 1 is 1.05 bits per heavy atom. The molecule has 0 aliphatic heterocycles. The minimum absolute atomic E-state index is 0.237. The summed E-state index contributed by atoms with van der Waals surface area (Å²) in [5, 5.41) is 0. The van der Waals surface area contributed by atoms with Gasteiger partial charge in [-0.25, -0.2) is 0 Å². The van der Waals surface area contributed by atoms with Crippen molar-refractivity contribution in [1.29, 1.82) is 0 Å². The van der Waals surface area contributed by atoms with Gasteiger partial charge in [-0.1, -0.05) is 36.4 Å². The maximum absolute atomic E-state index is 12.2. The van der Waals surface area contributed by atoms with Crippen molar-refractivity contribution in [3.05, 3.63) is 65.2 Å². The van der Waals surface area contributed by atoms with Crippen LogP contribution in [0.15, 0.2) is 48.5 Å². The van der Waals surface area contributed by atoms with Crippen LogP contribution in [0.4, 0.5) is 13.2 Å². The lowest BCUT2D eigenvalue weighted by Crippen LogP contribution is -2.18. The van der Waals surface area contributed by atoms with Crippen molar-refractivity contribution < 1.29 is 17.9 Å². The molecule has 0 heterocycles. The molecule has 0 fully saturated rings. The van der Waals surface area contributed by atoms with Crippen LogP contribution in [0.1, 0.15) is 22.7 Å². The standard InChI is InChI=1S/C15H14F3NO/c1-10-9-12(20-15(16,17)18)7-8-13(10)14(19)11-5-3-2-4-6-11/h2-9,14H,19H2,1H3. The zero-order valence-corrected chi connectivity index (χ0v) is 10.8. The fourth-order valence-corrected chi connectivity index (χ4v) is 2.03. The molecule has 2 aromatic carbocycles. The smallest absolute Gasteiger partial charge is 0.406 e. The second-order valence-corrected chi connectivity index (χ2v) is 4.45. The lowest BCUT2D eigenvalue weighted by atomic mass is 9.96. The zero-order chi connectivity index (χ0) is 14.8. The van der Waals surface area contributed by atoms with Crippen LogP contribution in [0, 0.1) is 6.92 Å². The Labute approximate surface area is 115 Å². The van der Waals surface area contributed by atoms with E-state index in [1.165, 1.54) is 12.1 Å². The number of rotatable bonds is 3. The normalized spacial score (nSPS) is 13.1. The molecule has 1 unspecified atom stereocenters. The van der Waals surface area contributed by atoms with E-state index in [2.05, 4.69) is 4.74 Å². The number of alkyl halides is 3. The molecule has 5 heteroatoms. The highest BCUT2D eigenvalue weighted by molar-refractivity contribution is 5.40. The summed E-state index contributed by atoms with van der Waals surface area (Å²) >= 11 is 0. The van der Waals surface area contributed by atoms with Crippen molar-refractivity contribution in [3.8, 4) is 5.75 Å². The van der Waals surface area contributed by atoms with Crippen molar-refractivity contribution in [3.63, 3.8) is 0 Å². The summed E-state index contributed by atoms with van der Waals surface area (Å²) in [7, 11) is 0. The second-order valence-electron chi connectivity index (χ2n) is 4.45. The van der Waals surface area contributed by atoms with E-state index in [1.54, 1.807) is 13.0 Å². The third-order valence-electron chi connectivity index (χ3n) is 2.97. The summed E-state index contributed by atoms with van der Waals surface area (Å²) in [5.41, 5.74) is 8.46. The van der Waals surface area contributed by atoms with Crippen molar-refractivity contribution in [2.75, 3.05) is 0 Å². The van der Waals surface area contributed by atoms with E-state index in [9.17, 15) is 13.2 Å². The molecule has 2 nitrogen and oxygen atoms in total. The van der Waals surface area contributed by atoms with Crippen molar-refractivity contribution in [2.24, 2.45) is 5.73 Å². The Morgan fingerprint density at radius 2 is 1.70 bits per heavy atom. The van der Waals surface area contributed by atoms with Gasteiger partial charge in [-0.15, -0.1) is 13.2 Å². The molecule has 106 valence electrons. The second kappa shape index (κ2) is 5.54. The molecule has 0 bridgehead atoms. The fourth-order valence-electron chi connectivity index (χ4n) is 2.03. The van der Waals surface area contributed by atoms with Gasteiger partial charge in [0, 0.05) is 0 Å². The summed E-state index contributed by atoms with van der Waals surface area (Å²) in [6.07, 6.45) is -4.69. The van der Waals surface area contributed by atoms with Crippen LogP contribution in [0.3, 0.4) is 0 Å². The van der Waals surface area contributed by atoms with Crippen molar-refractivity contribution in [2.45, 2.75) is 19.3 Å². The SMILES string of the molecule is Cc1cc(OC(F)(F)F)ccc1C(N)c1ccccc1. The Balaban J connectivity index is 2.26. The third kappa shape index (κ3) is 3.51. The highest BCUT2D eigenvalue weighted by Crippen LogP contribution is 2.28. The molecular formula is C15H14F3NO. The quantitative estimate of drug-likeness (QED) is 0.924. The van der Waals surface area contributed by atoms with Gasteiger partial charge in [0.25, 0.3) is 0 Å². The van der Waals surface area contributed by atoms with Gasteiger partial charge in [0.15, 0.2) is 0 Å². The van der Waals surface area contributed by atoms with E-state index in [-0.39, 0.29) is 11.8 Å². The first-order chi connectivity index (χ1) is 9.37. The van der Waals surface area contributed by atoms with E-state index in [1.807, 2.05) is 30.3 Å². The number of nitrogens with two attached hydrogens (primary N) is 1. The highest BCUT2D eigenvalue weighted by Gasteiger charge is 2.31. The van der Waals surface area contributed by atoms with Gasteiger partial charge in [-0.3, -0.25) is 0 Å². The van der Waals surface area contributed by atoms with E-state index in [4.69, 9.17) is 5.73 Å². The van der Waals surface area contributed by atoms with Crippen LogP contribution in [0.5, 0.6) is 5.75 Å². The molecule has 0 amide bonds. The first kappa shape index (κ1) is 14.4. The number of ether oxygens (including phenoxy) is 1. The maximum atomic E-state index is 12.2. The molecule has 0 saturated carbocycles. The van der Waals surface area contributed by atoms with Crippen LogP contribution in [0.25, 0.3) is 0 Å². The molecule has 0 aliphatic carbocycles. The fraction of sp³-hybridized carbons (Fsp3) is 0.200. The average molecular weight is 281 g/mol. The predicted octanol–water partition coefficient (Wildman–Crippen LogP) is 3.94. The molecular weight excluding hydrogens is 267 g/mol. The van der Waals surface area contributed by atoms with Crippen LogP contribution in [-0.2, 0) is 0 Å². The molecule has 1 atom stereocenters. The minimum Gasteiger partial charge on any atom is -0.406 e. The molecule has 0 radical (unpaired) electrons. The number of benzene rings is 2. The molecule has 2 N–H and O–H groups in total. The molecule has 20 heavy (non-hydrogen) atoms. The van der Waals surface area contributed by atoms with E-state index >= 15 is 0 Å². The zero-order valence-electron chi connectivity index (χ0n) is 10.8. The Kier molecular flexibility index (Phi) is 3.99. The van der Waals surface area contributed by atoms with Crippen LogP contribution in [0.2, 0.25) is 0 Å². The van der Waals surface area contributed by atoms with Gasteiger partial charge in [0.05, 0.1) is 6.04 Å². The van der Waals surface area contributed by atoms with Crippen LogP contribution in [-0.4, -0.2) is 6.36 Å². The molecule has 2 aromatic rings. The summed E-state index contributed by atoms with van der Waals surface area (Å²) in [6, 6.07) is 13.2. The molecule has 2 rings (SSSR count). The van der Waals surface area contributed by atoms with E-state index in [0.29, 0.717) is 5.56 Å². The van der Waals surface area contributed by atoms with Crippen LogP contribution < -0.4 is 10.5 Å². The molecule has 0 aliphatic rings. The monoisotopic (exact) mass is 281 g/mol. The minimum atomic E-state index is -4.69. The van der Waals surface area contributed by atoms with Gasteiger partial charge in [-0.05, 0) is 35.7 Å². The van der Waals surface area contributed by atoms with E-state index in [0.717, 1.165) is 11.1 Å². The first-order valence-electron chi connectivity index (χ1n) is 6.03. The molecule has 0 saturated heterocycles. The lowest BCUT2D eigenvalue weighted by Gasteiger charge is -2.17.